The van der Waals surface area contributed by atoms with Crippen LogP contribution in [0.3, 0.4) is 0 Å². The Morgan fingerprint density at radius 1 is 1.42 bits per heavy atom. The first-order valence-electron chi connectivity index (χ1n) is 3.87. The van der Waals surface area contributed by atoms with Crippen molar-refractivity contribution in [1.29, 1.82) is 5.41 Å². The van der Waals surface area contributed by atoms with Crippen LogP contribution in [0.15, 0.2) is 18.3 Å². The van der Waals surface area contributed by atoms with Gasteiger partial charge in [0.05, 0.1) is 0 Å². The van der Waals surface area contributed by atoms with Crippen LogP contribution in [0.5, 0.6) is 0 Å². The molecule has 0 saturated heterocycles. The summed E-state index contributed by atoms with van der Waals surface area (Å²) in [6.07, 6.45) is 7.03. The Morgan fingerprint density at radius 2 is 2.17 bits per heavy atom. The molecule has 1 heterocycles. The molecule has 12 heavy (non-hydrogen) atoms. The second kappa shape index (κ2) is 3.81. The SMILES string of the molecule is C/C=C\c1cnc(C)cc1C=N. The third-order valence-corrected chi connectivity index (χ3v) is 1.61. The summed E-state index contributed by atoms with van der Waals surface area (Å²) < 4.78 is 0. The van der Waals surface area contributed by atoms with Crippen molar-refractivity contribution in [3.8, 4) is 0 Å². The number of hydrogen-bond donors (Lipinski definition) is 1. The third-order valence-electron chi connectivity index (χ3n) is 1.61. The van der Waals surface area contributed by atoms with Crippen molar-refractivity contribution in [1.82, 2.24) is 4.98 Å². The molecule has 0 radical (unpaired) electrons. The zero-order valence-corrected chi connectivity index (χ0v) is 7.33. The number of aromatic nitrogens is 1. The number of pyridine rings is 1. The van der Waals surface area contributed by atoms with Crippen molar-refractivity contribution in [2.45, 2.75) is 13.8 Å². The summed E-state index contributed by atoms with van der Waals surface area (Å²) in [6.45, 7) is 3.88. The predicted molar refractivity (Wildman–Crippen MR) is 51.6 cm³/mol. The lowest BCUT2D eigenvalue weighted by Crippen LogP contribution is -1.90. The molecule has 0 atom stereocenters. The molecule has 2 nitrogen and oxygen atoms in total. The second-order valence-electron chi connectivity index (χ2n) is 2.60. The first-order chi connectivity index (χ1) is 5.77. The largest absolute Gasteiger partial charge is 0.308 e. The zero-order valence-electron chi connectivity index (χ0n) is 7.33. The molecule has 0 unspecified atom stereocenters. The number of allylic oxidation sites excluding steroid dienone is 1. The molecule has 0 aliphatic heterocycles. The van der Waals surface area contributed by atoms with Crippen molar-refractivity contribution in [2.75, 3.05) is 0 Å². The summed E-state index contributed by atoms with van der Waals surface area (Å²) in [5.74, 6) is 0. The molecule has 1 N–H and O–H groups in total. The molecule has 0 saturated carbocycles. The van der Waals surface area contributed by atoms with Crippen LogP contribution in [0, 0.1) is 12.3 Å². The average Bonchev–Trinajstić information content (AvgIpc) is 2.08. The van der Waals surface area contributed by atoms with E-state index in [0.717, 1.165) is 16.8 Å². The van der Waals surface area contributed by atoms with Crippen molar-refractivity contribution < 1.29 is 0 Å². The Bertz CT molecular complexity index is 314. The summed E-state index contributed by atoms with van der Waals surface area (Å²) in [7, 11) is 0. The van der Waals surface area contributed by atoms with E-state index in [1.54, 1.807) is 6.20 Å². The number of hydrogen-bond acceptors (Lipinski definition) is 2. The standard InChI is InChI=1S/C10H12N2/c1-3-4-9-7-12-8(2)5-10(9)6-11/h3-7,11H,1-2H3/b4-3-,11-6?. The van der Waals surface area contributed by atoms with E-state index < -0.39 is 0 Å². The highest BCUT2D eigenvalue weighted by Gasteiger charge is 1.96. The highest BCUT2D eigenvalue weighted by Crippen LogP contribution is 2.08. The van der Waals surface area contributed by atoms with Crippen molar-refractivity contribution >= 4 is 12.3 Å². The third kappa shape index (κ3) is 1.78. The first-order valence-corrected chi connectivity index (χ1v) is 3.87. The molecule has 0 aliphatic carbocycles. The van der Waals surface area contributed by atoms with Gasteiger partial charge >= 0.3 is 0 Å². The van der Waals surface area contributed by atoms with Gasteiger partial charge in [-0.05, 0) is 19.9 Å². The van der Waals surface area contributed by atoms with Crippen LogP contribution in [-0.4, -0.2) is 11.2 Å². The Morgan fingerprint density at radius 3 is 2.75 bits per heavy atom. The van der Waals surface area contributed by atoms with E-state index in [9.17, 15) is 0 Å². The van der Waals surface area contributed by atoms with Crippen LogP contribution >= 0.6 is 0 Å². The van der Waals surface area contributed by atoms with Crippen LogP contribution < -0.4 is 0 Å². The van der Waals surface area contributed by atoms with Gasteiger partial charge in [0.25, 0.3) is 0 Å². The lowest BCUT2D eigenvalue weighted by molar-refractivity contribution is 1.19. The van der Waals surface area contributed by atoms with E-state index in [1.165, 1.54) is 6.21 Å². The second-order valence-corrected chi connectivity index (χ2v) is 2.60. The molecule has 1 aromatic heterocycles. The van der Waals surface area contributed by atoms with Gasteiger partial charge in [-0.1, -0.05) is 12.2 Å². The maximum absolute atomic E-state index is 7.17. The number of nitrogens with zero attached hydrogens (tertiary/aromatic N) is 1. The molecule has 62 valence electrons. The quantitative estimate of drug-likeness (QED) is 0.663. The minimum atomic E-state index is 0.917. The molecule has 0 bridgehead atoms. The number of rotatable bonds is 2. The minimum Gasteiger partial charge on any atom is -0.308 e. The molecular formula is C10H12N2. The molecule has 2 heteroatoms. The monoisotopic (exact) mass is 160 g/mol. The maximum atomic E-state index is 7.17. The van der Waals surface area contributed by atoms with Gasteiger partial charge in [-0.15, -0.1) is 0 Å². The van der Waals surface area contributed by atoms with Gasteiger partial charge in [0.1, 0.15) is 0 Å². The van der Waals surface area contributed by atoms with Gasteiger partial charge in [-0.3, -0.25) is 4.98 Å². The predicted octanol–water partition coefficient (Wildman–Crippen LogP) is 2.42. The van der Waals surface area contributed by atoms with Crippen molar-refractivity contribution in [3.05, 3.63) is 35.2 Å². The van der Waals surface area contributed by atoms with Gasteiger partial charge in [0, 0.05) is 29.2 Å². The highest BCUT2D eigenvalue weighted by molar-refractivity contribution is 5.83. The Hall–Kier alpha value is -1.44. The number of nitrogens with one attached hydrogen (secondary N) is 1. The van der Waals surface area contributed by atoms with E-state index in [4.69, 9.17) is 5.41 Å². The average molecular weight is 160 g/mol. The summed E-state index contributed by atoms with van der Waals surface area (Å²) in [6, 6.07) is 1.91. The van der Waals surface area contributed by atoms with E-state index in [2.05, 4.69) is 4.98 Å². The van der Waals surface area contributed by atoms with Crippen LogP contribution in [0.1, 0.15) is 23.7 Å². The fraction of sp³-hybridized carbons (Fsp3) is 0.200. The summed E-state index contributed by atoms with van der Waals surface area (Å²) in [5.41, 5.74) is 2.86. The molecule has 0 spiro atoms. The Kier molecular flexibility index (Phi) is 2.75. The zero-order chi connectivity index (χ0) is 8.97. The fourth-order valence-corrected chi connectivity index (χ4v) is 1.04. The lowest BCUT2D eigenvalue weighted by atomic mass is 10.1. The fourth-order valence-electron chi connectivity index (χ4n) is 1.04. The van der Waals surface area contributed by atoms with Crippen LogP contribution in [0.25, 0.3) is 6.08 Å². The summed E-state index contributed by atoms with van der Waals surface area (Å²) >= 11 is 0. The summed E-state index contributed by atoms with van der Waals surface area (Å²) in [4.78, 5) is 4.15. The van der Waals surface area contributed by atoms with Gasteiger partial charge in [0.15, 0.2) is 0 Å². The van der Waals surface area contributed by atoms with Crippen LogP contribution in [-0.2, 0) is 0 Å². The van der Waals surface area contributed by atoms with Crippen LogP contribution in [0.4, 0.5) is 0 Å². The molecular weight excluding hydrogens is 148 g/mol. The van der Waals surface area contributed by atoms with E-state index in [0.29, 0.717) is 0 Å². The topological polar surface area (TPSA) is 36.7 Å². The van der Waals surface area contributed by atoms with Gasteiger partial charge in [0.2, 0.25) is 0 Å². The Balaban J connectivity index is 3.19. The molecule has 0 amide bonds. The lowest BCUT2D eigenvalue weighted by Gasteiger charge is -1.99. The van der Waals surface area contributed by atoms with Gasteiger partial charge in [-0.25, -0.2) is 0 Å². The van der Waals surface area contributed by atoms with Crippen molar-refractivity contribution in [3.63, 3.8) is 0 Å². The molecule has 0 aliphatic rings. The molecule has 0 aromatic carbocycles. The van der Waals surface area contributed by atoms with Crippen LogP contribution in [0.2, 0.25) is 0 Å². The number of aryl methyl sites for hydroxylation is 1. The first kappa shape index (κ1) is 8.65. The van der Waals surface area contributed by atoms with E-state index in [1.807, 2.05) is 32.1 Å². The van der Waals surface area contributed by atoms with Gasteiger partial charge in [-0.2, -0.15) is 0 Å². The molecule has 1 rings (SSSR count). The van der Waals surface area contributed by atoms with Crippen molar-refractivity contribution in [2.24, 2.45) is 0 Å². The Labute approximate surface area is 72.5 Å². The normalized spacial score (nSPS) is 10.5. The minimum absolute atomic E-state index is 0.917. The smallest absolute Gasteiger partial charge is 0.0379 e. The van der Waals surface area contributed by atoms with Gasteiger partial charge < -0.3 is 5.41 Å². The molecule has 1 aromatic rings. The van der Waals surface area contributed by atoms with E-state index in [-0.39, 0.29) is 0 Å². The highest BCUT2D eigenvalue weighted by atomic mass is 14.7. The maximum Gasteiger partial charge on any atom is 0.0379 e. The van der Waals surface area contributed by atoms with E-state index >= 15 is 0 Å². The molecule has 0 fully saturated rings. The summed E-state index contributed by atoms with van der Waals surface area (Å²) in [5, 5.41) is 7.17.